The van der Waals surface area contributed by atoms with Crippen LogP contribution in [0.15, 0.2) is 59.4 Å². The molecule has 0 bridgehead atoms. The number of hydrogen-bond donors (Lipinski definition) is 1. The highest BCUT2D eigenvalue weighted by Crippen LogP contribution is 2.26. The summed E-state index contributed by atoms with van der Waals surface area (Å²) in [5, 5.41) is 10.5. The average molecular weight is 376 g/mol. The predicted molar refractivity (Wildman–Crippen MR) is 110 cm³/mol. The number of aromatic hydroxyl groups is 1. The second kappa shape index (κ2) is 7.50. The number of phenols is 1. The van der Waals surface area contributed by atoms with Crippen molar-refractivity contribution in [2.45, 2.75) is 19.3 Å². The third-order valence-corrected chi connectivity index (χ3v) is 5.73. The predicted octanol–water partition coefficient (Wildman–Crippen LogP) is 3.34. The van der Waals surface area contributed by atoms with E-state index in [1.165, 1.54) is 22.3 Å². The molecule has 0 spiro atoms. The summed E-state index contributed by atoms with van der Waals surface area (Å²) in [7, 11) is 1.67. The number of rotatable bonds is 3. The van der Waals surface area contributed by atoms with Gasteiger partial charge in [0.25, 0.3) is 11.5 Å². The molecule has 5 nitrogen and oxygen atoms in total. The molecule has 0 radical (unpaired) electrons. The van der Waals surface area contributed by atoms with Gasteiger partial charge in [0.15, 0.2) is 0 Å². The Morgan fingerprint density at radius 2 is 1.79 bits per heavy atom. The Balaban J connectivity index is 1.54. The standard InChI is InChI=1S/C23H24N2O3/c1-24-21-8-7-18(26)14-19(21)20(15-22(24)27)23(28)25-11-9-17(10-12-25)13-16-5-3-2-4-6-16/h2-8,14-15,17,26H,9-13H2,1H3. The van der Waals surface area contributed by atoms with E-state index in [1.807, 2.05) is 11.0 Å². The van der Waals surface area contributed by atoms with Crippen LogP contribution in [0.3, 0.4) is 0 Å². The van der Waals surface area contributed by atoms with Crippen LogP contribution in [0.5, 0.6) is 5.75 Å². The second-order valence-electron chi connectivity index (χ2n) is 7.58. The van der Waals surface area contributed by atoms with Gasteiger partial charge in [-0.3, -0.25) is 9.59 Å². The zero-order valence-electron chi connectivity index (χ0n) is 16.0. The summed E-state index contributed by atoms with van der Waals surface area (Å²) in [5.74, 6) is 0.518. The molecule has 0 unspecified atom stereocenters. The Bertz CT molecular complexity index is 1060. The van der Waals surface area contributed by atoms with E-state index in [-0.39, 0.29) is 17.2 Å². The Morgan fingerprint density at radius 1 is 1.07 bits per heavy atom. The molecule has 2 heterocycles. The fourth-order valence-corrected chi connectivity index (χ4v) is 4.08. The maximum absolute atomic E-state index is 13.1. The van der Waals surface area contributed by atoms with Crippen LogP contribution in [0.4, 0.5) is 0 Å². The molecule has 0 aliphatic carbocycles. The van der Waals surface area contributed by atoms with Crippen molar-refractivity contribution in [3.63, 3.8) is 0 Å². The van der Waals surface area contributed by atoms with E-state index >= 15 is 0 Å². The normalized spacial score (nSPS) is 15.1. The first-order chi connectivity index (χ1) is 13.5. The molecular weight excluding hydrogens is 352 g/mol. The lowest BCUT2D eigenvalue weighted by Crippen LogP contribution is -2.39. The quantitative estimate of drug-likeness (QED) is 0.763. The lowest BCUT2D eigenvalue weighted by molar-refractivity contribution is 0.0692. The molecule has 3 aromatic rings. The third-order valence-electron chi connectivity index (χ3n) is 5.73. The maximum atomic E-state index is 13.1. The van der Waals surface area contributed by atoms with Crippen molar-refractivity contribution in [3.05, 3.63) is 76.1 Å². The van der Waals surface area contributed by atoms with Crippen molar-refractivity contribution >= 4 is 16.8 Å². The summed E-state index contributed by atoms with van der Waals surface area (Å²) in [6.07, 6.45) is 2.94. The van der Waals surface area contributed by atoms with E-state index in [4.69, 9.17) is 0 Å². The van der Waals surface area contributed by atoms with E-state index in [0.717, 1.165) is 19.3 Å². The molecule has 0 saturated carbocycles. The number of aryl methyl sites for hydroxylation is 1. The molecule has 28 heavy (non-hydrogen) atoms. The molecule has 1 aliphatic heterocycles. The van der Waals surface area contributed by atoms with E-state index in [0.29, 0.717) is 35.5 Å². The molecule has 1 amide bonds. The summed E-state index contributed by atoms with van der Waals surface area (Å²) in [6.45, 7) is 1.37. The maximum Gasteiger partial charge on any atom is 0.254 e. The lowest BCUT2D eigenvalue weighted by Gasteiger charge is -2.32. The number of pyridine rings is 1. The number of amides is 1. The fourth-order valence-electron chi connectivity index (χ4n) is 4.08. The Morgan fingerprint density at radius 3 is 2.50 bits per heavy atom. The van der Waals surface area contributed by atoms with E-state index in [1.54, 1.807) is 19.2 Å². The van der Waals surface area contributed by atoms with E-state index in [2.05, 4.69) is 24.3 Å². The van der Waals surface area contributed by atoms with Crippen molar-refractivity contribution in [1.82, 2.24) is 9.47 Å². The van der Waals surface area contributed by atoms with E-state index in [9.17, 15) is 14.7 Å². The molecule has 1 saturated heterocycles. The molecule has 1 N–H and O–H groups in total. The van der Waals surface area contributed by atoms with Gasteiger partial charge in [-0.2, -0.15) is 0 Å². The van der Waals surface area contributed by atoms with E-state index < -0.39 is 0 Å². The number of phenolic OH excluding ortho intramolecular Hbond substituents is 1. The Hall–Kier alpha value is -3.08. The zero-order valence-corrected chi connectivity index (χ0v) is 16.0. The van der Waals surface area contributed by atoms with Crippen molar-refractivity contribution in [3.8, 4) is 5.75 Å². The first-order valence-corrected chi connectivity index (χ1v) is 9.69. The van der Waals surface area contributed by atoms with Gasteiger partial charge in [0, 0.05) is 31.6 Å². The van der Waals surface area contributed by atoms with Crippen molar-refractivity contribution in [1.29, 1.82) is 0 Å². The topological polar surface area (TPSA) is 62.5 Å². The molecule has 4 rings (SSSR count). The molecule has 144 valence electrons. The van der Waals surface area contributed by atoms with Crippen molar-refractivity contribution in [2.75, 3.05) is 13.1 Å². The number of benzene rings is 2. The Labute approximate surface area is 163 Å². The largest absolute Gasteiger partial charge is 0.508 e. The minimum atomic E-state index is -0.222. The van der Waals surface area contributed by atoms with Crippen LogP contribution in [0.1, 0.15) is 28.8 Å². The molecular formula is C23H24N2O3. The van der Waals surface area contributed by atoms with Gasteiger partial charge in [-0.1, -0.05) is 30.3 Å². The van der Waals surface area contributed by atoms with Gasteiger partial charge in [-0.25, -0.2) is 0 Å². The van der Waals surface area contributed by atoms with Crippen molar-refractivity contribution < 1.29 is 9.90 Å². The number of fused-ring (bicyclic) bond motifs is 1. The zero-order chi connectivity index (χ0) is 19.7. The molecule has 2 aromatic carbocycles. The van der Waals surface area contributed by atoms with Gasteiger partial charge in [-0.15, -0.1) is 0 Å². The lowest BCUT2D eigenvalue weighted by atomic mass is 9.90. The van der Waals surface area contributed by atoms with Gasteiger partial charge in [0.2, 0.25) is 0 Å². The van der Waals surface area contributed by atoms with Gasteiger partial charge >= 0.3 is 0 Å². The van der Waals surface area contributed by atoms with Crippen molar-refractivity contribution in [2.24, 2.45) is 13.0 Å². The first kappa shape index (κ1) is 18.3. The summed E-state index contributed by atoms with van der Waals surface area (Å²) in [4.78, 5) is 27.3. The molecule has 1 fully saturated rings. The van der Waals surface area contributed by atoms with Crippen LogP contribution in [0, 0.1) is 5.92 Å². The fraction of sp³-hybridized carbons (Fsp3) is 0.304. The number of hydrogen-bond acceptors (Lipinski definition) is 3. The van der Waals surface area contributed by atoms with Gasteiger partial charge in [0.05, 0.1) is 11.1 Å². The van der Waals surface area contributed by atoms with Crippen LogP contribution in [0.25, 0.3) is 10.9 Å². The van der Waals surface area contributed by atoms with Gasteiger partial charge < -0.3 is 14.6 Å². The second-order valence-corrected chi connectivity index (χ2v) is 7.58. The molecule has 1 aliphatic rings. The number of piperidine rings is 1. The molecule has 0 atom stereocenters. The van der Waals surface area contributed by atoms with Gasteiger partial charge in [0.1, 0.15) is 5.75 Å². The summed E-state index contributed by atoms with van der Waals surface area (Å²) >= 11 is 0. The first-order valence-electron chi connectivity index (χ1n) is 9.69. The highest BCUT2D eigenvalue weighted by atomic mass is 16.3. The summed E-state index contributed by atoms with van der Waals surface area (Å²) in [5.41, 5.74) is 2.13. The third kappa shape index (κ3) is 3.52. The summed E-state index contributed by atoms with van der Waals surface area (Å²) in [6, 6.07) is 16.6. The summed E-state index contributed by atoms with van der Waals surface area (Å²) < 4.78 is 1.50. The highest BCUT2D eigenvalue weighted by Gasteiger charge is 2.25. The smallest absolute Gasteiger partial charge is 0.254 e. The number of carbonyl (C=O) groups excluding carboxylic acids is 1. The molecule has 1 aromatic heterocycles. The number of nitrogens with zero attached hydrogens (tertiary/aromatic N) is 2. The SMILES string of the molecule is Cn1c(=O)cc(C(=O)N2CCC(Cc3ccccc3)CC2)c2cc(O)ccc21. The number of carbonyl (C=O) groups is 1. The molecule has 5 heteroatoms. The van der Waals surface area contributed by atoms with Crippen LogP contribution in [-0.4, -0.2) is 33.6 Å². The minimum Gasteiger partial charge on any atom is -0.508 e. The van der Waals surface area contributed by atoms with Crippen LogP contribution >= 0.6 is 0 Å². The highest BCUT2D eigenvalue weighted by molar-refractivity contribution is 6.06. The van der Waals surface area contributed by atoms with Crippen LogP contribution < -0.4 is 5.56 Å². The Kier molecular flexibility index (Phi) is 4.90. The monoisotopic (exact) mass is 376 g/mol. The average Bonchev–Trinajstić information content (AvgIpc) is 2.71. The number of likely N-dealkylation sites (tertiary alicyclic amines) is 1. The minimum absolute atomic E-state index is 0.0850. The van der Waals surface area contributed by atoms with Crippen LogP contribution in [-0.2, 0) is 13.5 Å². The van der Waals surface area contributed by atoms with Crippen LogP contribution in [0.2, 0.25) is 0 Å². The van der Waals surface area contributed by atoms with Gasteiger partial charge in [-0.05, 0) is 48.9 Å². The number of aromatic nitrogens is 1.